The Bertz CT molecular complexity index is 512. The fourth-order valence-corrected chi connectivity index (χ4v) is 3.34. The van der Waals surface area contributed by atoms with Crippen LogP contribution < -0.4 is 0 Å². The molecular formula is C20H31ClO4. The van der Waals surface area contributed by atoms with Gasteiger partial charge in [0.1, 0.15) is 17.6 Å². The van der Waals surface area contributed by atoms with Crippen molar-refractivity contribution < 1.29 is 19.7 Å². The van der Waals surface area contributed by atoms with Crippen LogP contribution in [0, 0.1) is 5.92 Å². The summed E-state index contributed by atoms with van der Waals surface area (Å²) in [5.41, 5.74) is 0.610. The van der Waals surface area contributed by atoms with Crippen LogP contribution >= 0.6 is 11.6 Å². The van der Waals surface area contributed by atoms with Crippen LogP contribution in [0.2, 0.25) is 0 Å². The molecule has 142 valence electrons. The molecular weight excluding hydrogens is 340 g/mol. The van der Waals surface area contributed by atoms with Gasteiger partial charge in [-0.25, -0.2) is 0 Å². The molecule has 25 heavy (non-hydrogen) atoms. The zero-order valence-corrected chi connectivity index (χ0v) is 16.3. The highest BCUT2D eigenvalue weighted by Gasteiger charge is 2.23. The number of ether oxygens (including phenoxy) is 1. The van der Waals surface area contributed by atoms with Gasteiger partial charge in [0.15, 0.2) is 0 Å². The number of hydrogen-bond acceptors (Lipinski definition) is 4. The SMILES string of the molecule is CCCC[C@H](Cl)CCCC[C@H](C)[C@@H](OC(C)=O)c1cc(O)cc(O)c1. The van der Waals surface area contributed by atoms with Crippen LogP contribution in [0.4, 0.5) is 0 Å². The quantitative estimate of drug-likeness (QED) is 0.298. The molecule has 1 aromatic rings. The molecule has 0 heterocycles. The van der Waals surface area contributed by atoms with Crippen LogP contribution in [-0.2, 0) is 9.53 Å². The number of hydrogen-bond donors (Lipinski definition) is 2. The lowest BCUT2D eigenvalue weighted by molar-refractivity contribution is -0.149. The maximum absolute atomic E-state index is 11.5. The van der Waals surface area contributed by atoms with Crippen LogP contribution in [0.25, 0.3) is 0 Å². The number of unbranched alkanes of at least 4 members (excludes halogenated alkanes) is 2. The van der Waals surface area contributed by atoms with Gasteiger partial charge < -0.3 is 14.9 Å². The van der Waals surface area contributed by atoms with E-state index in [2.05, 4.69) is 6.92 Å². The fourth-order valence-electron chi connectivity index (χ4n) is 3.03. The molecule has 1 rings (SSSR count). The van der Waals surface area contributed by atoms with Crippen molar-refractivity contribution in [3.05, 3.63) is 23.8 Å². The van der Waals surface area contributed by atoms with Crippen LogP contribution in [0.1, 0.15) is 77.4 Å². The summed E-state index contributed by atoms with van der Waals surface area (Å²) >= 11 is 6.31. The molecule has 0 saturated heterocycles. The third-order valence-corrected chi connectivity index (χ3v) is 4.80. The molecule has 0 radical (unpaired) electrons. The van der Waals surface area contributed by atoms with Gasteiger partial charge >= 0.3 is 5.97 Å². The third-order valence-electron chi connectivity index (χ3n) is 4.36. The minimum absolute atomic E-state index is 0.0414. The molecule has 0 unspecified atom stereocenters. The molecule has 3 atom stereocenters. The van der Waals surface area contributed by atoms with Crippen LogP contribution in [0.3, 0.4) is 0 Å². The Kier molecular flexibility index (Phi) is 9.73. The second kappa shape index (κ2) is 11.2. The zero-order chi connectivity index (χ0) is 18.8. The molecule has 0 spiro atoms. The third kappa shape index (κ3) is 8.48. The van der Waals surface area contributed by atoms with Crippen molar-refractivity contribution in [1.29, 1.82) is 0 Å². The van der Waals surface area contributed by atoms with Gasteiger partial charge in [-0.05, 0) is 37.3 Å². The van der Waals surface area contributed by atoms with Crippen LogP contribution in [0.5, 0.6) is 11.5 Å². The Morgan fingerprint density at radius 2 is 1.64 bits per heavy atom. The predicted octanol–water partition coefficient (Wildman–Crippen LogP) is 5.70. The van der Waals surface area contributed by atoms with E-state index in [1.165, 1.54) is 38.0 Å². The number of rotatable bonds is 11. The van der Waals surface area contributed by atoms with Gasteiger partial charge in [-0.2, -0.15) is 0 Å². The predicted molar refractivity (Wildman–Crippen MR) is 101 cm³/mol. The molecule has 0 aliphatic carbocycles. The minimum Gasteiger partial charge on any atom is -0.508 e. The molecule has 2 N–H and O–H groups in total. The summed E-state index contributed by atoms with van der Waals surface area (Å²) in [6, 6.07) is 4.32. The average Bonchev–Trinajstić information content (AvgIpc) is 2.53. The van der Waals surface area contributed by atoms with E-state index in [1.54, 1.807) is 0 Å². The summed E-state index contributed by atoms with van der Waals surface area (Å²) in [6.45, 7) is 5.55. The lowest BCUT2D eigenvalue weighted by Crippen LogP contribution is -2.16. The van der Waals surface area contributed by atoms with Crippen molar-refractivity contribution in [1.82, 2.24) is 0 Å². The second-order valence-corrected chi connectivity index (χ2v) is 7.43. The summed E-state index contributed by atoms with van der Waals surface area (Å²) in [4.78, 5) is 11.5. The standard InChI is InChI=1S/C20H31ClO4/c1-4-5-9-17(21)10-7-6-8-14(2)20(25-15(3)22)16-11-18(23)13-19(24)12-16/h11-14,17,20,23-24H,4-10H2,1-3H3/t14-,17-,20+/m0/s1. The summed E-state index contributed by atoms with van der Waals surface area (Å²) < 4.78 is 5.45. The van der Waals surface area contributed by atoms with E-state index in [0.29, 0.717) is 5.56 Å². The van der Waals surface area contributed by atoms with E-state index in [4.69, 9.17) is 16.3 Å². The van der Waals surface area contributed by atoms with Crippen molar-refractivity contribution in [2.45, 2.75) is 77.2 Å². The molecule has 0 aliphatic rings. The average molecular weight is 371 g/mol. The Hall–Kier alpha value is -1.42. The van der Waals surface area contributed by atoms with E-state index in [9.17, 15) is 15.0 Å². The number of halogens is 1. The van der Waals surface area contributed by atoms with Gasteiger partial charge in [-0.3, -0.25) is 4.79 Å². The summed E-state index contributed by atoms with van der Waals surface area (Å²) in [7, 11) is 0. The van der Waals surface area contributed by atoms with E-state index >= 15 is 0 Å². The van der Waals surface area contributed by atoms with Gasteiger partial charge in [-0.15, -0.1) is 11.6 Å². The first kappa shape index (κ1) is 21.6. The maximum atomic E-state index is 11.5. The molecule has 0 aliphatic heterocycles. The van der Waals surface area contributed by atoms with Gasteiger partial charge in [0.2, 0.25) is 0 Å². The van der Waals surface area contributed by atoms with Gasteiger partial charge in [0.05, 0.1) is 0 Å². The largest absolute Gasteiger partial charge is 0.508 e. The smallest absolute Gasteiger partial charge is 0.303 e. The number of alkyl halides is 1. The highest BCUT2D eigenvalue weighted by atomic mass is 35.5. The molecule has 0 amide bonds. The van der Waals surface area contributed by atoms with Crippen molar-refractivity contribution >= 4 is 17.6 Å². The molecule has 0 saturated carbocycles. The number of carbonyl (C=O) groups excluding carboxylic acids is 1. The Morgan fingerprint density at radius 3 is 2.20 bits per heavy atom. The molecule has 0 bridgehead atoms. The number of aromatic hydroxyl groups is 2. The van der Waals surface area contributed by atoms with E-state index in [-0.39, 0.29) is 28.8 Å². The topological polar surface area (TPSA) is 66.8 Å². The Morgan fingerprint density at radius 1 is 1.08 bits per heavy atom. The fraction of sp³-hybridized carbons (Fsp3) is 0.650. The summed E-state index contributed by atoms with van der Waals surface area (Å²) in [5, 5.41) is 19.6. The number of esters is 1. The Balaban J connectivity index is 2.59. The maximum Gasteiger partial charge on any atom is 0.303 e. The second-order valence-electron chi connectivity index (χ2n) is 6.81. The zero-order valence-electron chi connectivity index (χ0n) is 15.5. The van der Waals surface area contributed by atoms with Crippen LogP contribution in [-0.4, -0.2) is 21.6 Å². The molecule has 4 nitrogen and oxygen atoms in total. The van der Waals surface area contributed by atoms with E-state index < -0.39 is 6.10 Å². The van der Waals surface area contributed by atoms with Gasteiger partial charge in [0, 0.05) is 23.9 Å². The van der Waals surface area contributed by atoms with E-state index in [0.717, 1.165) is 32.1 Å². The number of phenolic OH excluding ortho intramolecular Hbond substituents is 2. The highest BCUT2D eigenvalue weighted by molar-refractivity contribution is 6.20. The van der Waals surface area contributed by atoms with Crippen molar-refractivity contribution in [3.8, 4) is 11.5 Å². The normalized spacial score (nSPS) is 14.7. The molecule has 0 fully saturated rings. The Labute approximate surface area is 156 Å². The van der Waals surface area contributed by atoms with Crippen molar-refractivity contribution in [3.63, 3.8) is 0 Å². The number of phenols is 2. The molecule has 1 aromatic carbocycles. The van der Waals surface area contributed by atoms with Crippen molar-refractivity contribution in [2.24, 2.45) is 5.92 Å². The highest BCUT2D eigenvalue weighted by Crippen LogP contribution is 2.34. The van der Waals surface area contributed by atoms with Gasteiger partial charge in [-0.1, -0.05) is 39.5 Å². The van der Waals surface area contributed by atoms with E-state index in [1.807, 2.05) is 6.92 Å². The number of carbonyl (C=O) groups is 1. The first-order valence-corrected chi connectivity index (χ1v) is 9.61. The number of benzene rings is 1. The lowest BCUT2D eigenvalue weighted by Gasteiger charge is -2.24. The van der Waals surface area contributed by atoms with Gasteiger partial charge in [0.25, 0.3) is 0 Å². The molecule has 5 heteroatoms. The minimum atomic E-state index is -0.484. The monoisotopic (exact) mass is 370 g/mol. The lowest BCUT2D eigenvalue weighted by atomic mass is 9.91. The summed E-state index contributed by atoms with van der Waals surface area (Å²) in [6.07, 6.45) is 6.83. The first-order chi connectivity index (χ1) is 11.8. The van der Waals surface area contributed by atoms with Crippen molar-refractivity contribution in [2.75, 3.05) is 0 Å². The van der Waals surface area contributed by atoms with Crippen LogP contribution in [0.15, 0.2) is 18.2 Å². The summed E-state index contributed by atoms with van der Waals surface area (Å²) in [5.74, 6) is -0.380. The first-order valence-electron chi connectivity index (χ1n) is 9.17. The molecule has 0 aromatic heterocycles.